The summed E-state index contributed by atoms with van der Waals surface area (Å²) in [6.45, 7) is 2.55. The van der Waals surface area contributed by atoms with Gasteiger partial charge in [-0.3, -0.25) is 9.69 Å². The third kappa shape index (κ3) is 4.49. The van der Waals surface area contributed by atoms with Crippen LogP contribution < -0.4 is 14.4 Å². The first kappa shape index (κ1) is 19.0. The van der Waals surface area contributed by atoms with Gasteiger partial charge in [-0.2, -0.15) is 0 Å². The predicted molar refractivity (Wildman–Crippen MR) is 105 cm³/mol. The minimum Gasteiger partial charge on any atom is -0.493 e. The number of furan rings is 1. The Balaban J connectivity index is 1.70. The van der Waals surface area contributed by atoms with E-state index in [4.69, 9.17) is 13.9 Å². The van der Waals surface area contributed by atoms with Crippen molar-refractivity contribution in [1.82, 2.24) is 4.98 Å². The van der Waals surface area contributed by atoms with E-state index in [1.54, 1.807) is 36.4 Å². The maximum Gasteiger partial charge on any atom is 0.295 e. The third-order valence-electron chi connectivity index (χ3n) is 3.86. The zero-order valence-corrected chi connectivity index (χ0v) is 16.6. The lowest BCUT2D eigenvalue weighted by Crippen LogP contribution is -2.31. The highest BCUT2D eigenvalue weighted by Gasteiger charge is 2.20. The maximum atomic E-state index is 12.8. The Bertz CT molecular complexity index is 908. The number of benzene rings is 1. The molecule has 3 rings (SSSR count). The summed E-state index contributed by atoms with van der Waals surface area (Å²) in [5.74, 6) is 2.34. The van der Waals surface area contributed by atoms with Crippen LogP contribution in [0.2, 0.25) is 0 Å². The van der Waals surface area contributed by atoms with Crippen molar-refractivity contribution in [2.24, 2.45) is 0 Å². The van der Waals surface area contributed by atoms with Gasteiger partial charge >= 0.3 is 0 Å². The average Bonchev–Trinajstić information content (AvgIpc) is 3.17. The van der Waals surface area contributed by atoms with E-state index in [0.717, 1.165) is 4.47 Å². The fourth-order valence-corrected chi connectivity index (χ4v) is 2.76. The van der Waals surface area contributed by atoms with E-state index >= 15 is 0 Å². The van der Waals surface area contributed by atoms with Gasteiger partial charge < -0.3 is 13.9 Å². The number of aromatic nitrogens is 1. The Labute approximate surface area is 165 Å². The normalized spacial score (nSPS) is 10.5. The smallest absolute Gasteiger partial charge is 0.295 e. The van der Waals surface area contributed by atoms with Crippen LogP contribution in [0.4, 0.5) is 5.82 Å². The van der Waals surface area contributed by atoms with Crippen molar-refractivity contribution in [3.63, 3.8) is 0 Å². The fraction of sp³-hybridized carbons (Fsp3) is 0.200. The van der Waals surface area contributed by atoms with Crippen LogP contribution in [-0.2, 0) is 6.61 Å². The minimum atomic E-state index is -0.254. The molecule has 0 unspecified atom stereocenters. The molecular weight excluding hydrogens is 412 g/mol. The number of hydrogen-bond donors (Lipinski definition) is 0. The van der Waals surface area contributed by atoms with Crippen LogP contribution >= 0.6 is 15.9 Å². The van der Waals surface area contributed by atoms with E-state index in [9.17, 15) is 4.79 Å². The van der Waals surface area contributed by atoms with Gasteiger partial charge in [0, 0.05) is 17.2 Å². The number of amides is 1. The molecule has 0 atom stereocenters. The lowest BCUT2D eigenvalue weighted by molar-refractivity contribution is 0.0956. The first-order valence-electron chi connectivity index (χ1n) is 8.40. The molecule has 2 aromatic heterocycles. The number of halogens is 1. The molecule has 1 aromatic carbocycles. The van der Waals surface area contributed by atoms with Gasteiger partial charge in [-0.25, -0.2) is 4.98 Å². The Hall–Kier alpha value is -2.80. The number of carbonyl (C=O) groups excluding carboxylic acids is 1. The maximum absolute atomic E-state index is 12.8. The molecular formula is C20H19BrN2O4. The van der Waals surface area contributed by atoms with E-state index in [1.165, 1.54) is 0 Å². The van der Waals surface area contributed by atoms with Crippen molar-refractivity contribution >= 4 is 27.7 Å². The largest absolute Gasteiger partial charge is 0.493 e. The average molecular weight is 431 g/mol. The number of nitrogens with zero attached hydrogens (tertiary/aromatic N) is 2. The molecule has 0 N–H and O–H groups in total. The van der Waals surface area contributed by atoms with Crippen LogP contribution in [0, 0.1) is 0 Å². The third-order valence-corrected chi connectivity index (χ3v) is 4.33. The van der Waals surface area contributed by atoms with Gasteiger partial charge in [-0.15, -0.1) is 0 Å². The second-order valence-corrected chi connectivity index (χ2v) is 6.51. The molecule has 27 heavy (non-hydrogen) atoms. The van der Waals surface area contributed by atoms with Gasteiger partial charge in [-0.05, 0) is 59.3 Å². The minimum absolute atomic E-state index is 0.191. The van der Waals surface area contributed by atoms with Gasteiger partial charge in [0.15, 0.2) is 17.3 Å². The molecule has 140 valence electrons. The summed E-state index contributed by atoms with van der Waals surface area (Å²) in [7, 11) is 1.58. The standard InChI is InChI=1S/C20H19BrN2O4/c1-3-23(19-11-8-14(21)12-22-19)20(24)18-10-9-15(27-18)13-26-17-7-5-4-6-16(17)25-2/h4-12H,3,13H2,1-2H3. The summed E-state index contributed by atoms with van der Waals surface area (Å²) in [5, 5.41) is 0. The van der Waals surface area contributed by atoms with Crippen LogP contribution in [0.3, 0.4) is 0 Å². The van der Waals surface area contributed by atoms with Gasteiger partial charge in [0.25, 0.3) is 5.91 Å². The van der Waals surface area contributed by atoms with Crippen molar-refractivity contribution in [3.05, 3.63) is 70.7 Å². The molecule has 0 aliphatic heterocycles. The molecule has 7 heteroatoms. The number of rotatable bonds is 7. The van der Waals surface area contributed by atoms with E-state index in [-0.39, 0.29) is 18.3 Å². The zero-order chi connectivity index (χ0) is 19.2. The molecule has 0 saturated heterocycles. The summed E-state index contributed by atoms with van der Waals surface area (Å²) in [4.78, 5) is 18.6. The van der Waals surface area contributed by atoms with Crippen LogP contribution in [0.5, 0.6) is 11.5 Å². The first-order chi connectivity index (χ1) is 13.1. The molecule has 6 nitrogen and oxygen atoms in total. The van der Waals surface area contributed by atoms with E-state index < -0.39 is 0 Å². The molecule has 0 fully saturated rings. The second-order valence-electron chi connectivity index (χ2n) is 5.59. The number of carbonyl (C=O) groups is 1. The number of methoxy groups -OCH3 is 1. The quantitative estimate of drug-likeness (QED) is 0.543. The van der Waals surface area contributed by atoms with Gasteiger partial charge in [0.1, 0.15) is 18.2 Å². The monoisotopic (exact) mass is 430 g/mol. The van der Waals surface area contributed by atoms with Gasteiger partial charge in [-0.1, -0.05) is 12.1 Å². The molecule has 0 bridgehead atoms. The van der Waals surface area contributed by atoms with Gasteiger partial charge in [0.2, 0.25) is 0 Å². The van der Waals surface area contributed by atoms with E-state index in [0.29, 0.717) is 29.6 Å². The number of ether oxygens (including phenoxy) is 2. The molecule has 0 aliphatic carbocycles. The Kier molecular flexibility index (Phi) is 6.13. The SMILES string of the molecule is CCN(C(=O)c1ccc(COc2ccccc2OC)o1)c1ccc(Br)cn1. The Morgan fingerprint density at radius 2 is 1.93 bits per heavy atom. The van der Waals surface area contributed by atoms with Crippen molar-refractivity contribution in [1.29, 1.82) is 0 Å². The lowest BCUT2D eigenvalue weighted by atomic mass is 10.3. The van der Waals surface area contributed by atoms with Crippen LogP contribution in [0.25, 0.3) is 0 Å². The Morgan fingerprint density at radius 1 is 1.15 bits per heavy atom. The second kappa shape index (κ2) is 8.73. The van der Waals surface area contributed by atoms with E-state index in [1.807, 2.05) is 37.3 Å². The van der Waals surface area contributed by atoms with Crippen molar-refractivity contribution < 1.29 is 18.7 Å². The number of pyridine rings is 1. The highest BCUT2D eigenvalue weighted by Crippen LogP contribution is 2.27. The highest BCUT2D eigenvalue weighted by molar-refractivity contribution is 9.10. The van der Waals surface area contributed by atoms with Crippen LogP contribution in [0.1, 0.15) is 23.2 Å². The summed E-state index contributed by atoms with van der Waals surface area (Å²) in [5.41, 5.74) is 0. The number of hydrogen-bond acceptors (Lipinski definition) is 5. The molecule has 0 aliphatic rings. The van der Waals surface area contributed by atoms with Crippen molar-refractivity contribution in [3.8, 4) is 11.5 Å². The van der Waals surface area contributed by atoms with Crippen LogP contribution in [0.15, 0.2) is 63.6 Å². The fourth-order valence-electron chi connectivity index (χ4n) is 2.53. The van der Waals surface area contributed by atoms with E-state index in [2.05, 4.69) is 20.9 Å². The van der Waals surface area contributed by atoms with Crippen molar-refractivity contribution in [2.75, 3.05) is 18.6 Å². The number of anilines is 1. The first-order valence-corrected chi connectivity index (χ1v) is 9.19. The lowest BCUT2D eigenvalue weighted by Gasteiger charge is -2.18. The number of para-hydroxylation sites is 2. The molecule has 1 amide bonds. The summed E-state index contributed by atoms with van der Waals surface area (Å²) < 4.78 is 17.5. The molecule has 0 saturated carbocycles. The topological polar surface area (TPSA) is 64.8 Å². The highest BCUT2D eigenvalue weighted by atomic mass is 79.9. The predicted octanol–water partition coefficient (Wildman–Crippen LogP) is 4.69. The summed E-state index contributed by atoms with van der Waals surface area (Å²) in [6, 6.07) is 14.3. The van der Waals surface area contributed by atoms with Crippen molar-refractivity contribution in [2.45, 2.75) is 13.5 Å². The molecule has 2 heterocycles. The Morgan fingerprint density at radius 3 is 2.59 bits per heavy atom. The summed E-state index contributed by atoms with van der Waals surface area (Å²) in [6.07, 6.45) is 1.65. The van der Waals surface area contributed by atoms with Gasteiger partial charge in [0.05, 0.1) is 7.11 Å². The molecule has 3 aromatic rings. The summed E-state index contributed by atoms with van der Waals surface area (Å²) >= 11 is 3.34. The molecule has 0 spiro atoms. The zero-order valence-electron chi connectivity index (χ0n) is 15.0. The molecule has 0 radical (unpaired) electrons. The van der Waals surface area contributed by atoms with Crippen LogP contribution in [-0.4, -0.2) is 24.5 Å².